The molecule has 0 amide bonds. The number of hydrogen-bond donors (Lipinski definition) is 1. The average molecular weight is 261 g/mol. The smallest absolute Gasteiger partial charge is 0.140 e. The normalized spacial score (nSPS) is 18.7. The van der Waals surface area contributed by atoms with E-state index in [4.69, 9.17) is 27.9 Å². The van der Waals surface area contributed by atoms with Crippen LogP contribution in [-0.4, -0.2) is 17.3 Å². The molecule has 0 aliphatic heterocycles. The maximum atomic E-state index is 9.44. The van der Waals surface area contributed by atoms with Crippen molar-refractivity contribution < 1.29 is 9.84 Å². The lowest BCUT2D eigenvalue weighted by Crippen LogP contribution is -2.36. The highest BCUT2D eigenvalue weighted by Crippen LogP contribution is 2.37. The topological polar surface area (TPSA) is 29.5 Å². The first-order valence-electron chi connectivity index (χ1n) is 5.40. The van der Waals surface area contributed by atoms with Gasteiger partial charge >= 0.3 is 0 Å². The van der Waals surface area contributed by atoms with Crippen LogP contribution in [0.1, 0.15) is 25.7 Å². The monoisotopic (exact) mass is 260 g/mol. The molecular formula is C12H14Cl2O2. The molecule has 0 bridgehead atoms. The van der Waals surface area contributed by atoms with Crippen LogP contribution in [-0.2, 0) is 0 Å². The highest BCUT2D eigenvalue weighted by molar-refractivity contribution is 6.34. The van der Waals surface area contributed by atoms with Crippen LogP contribution in [0.3, 0.4) is 0 Å². The lowest BCUT2D eigenvalue weighted by atomic mass is 10.0. The van der Waals surface area contributed by atoms with Gasteiger partial charge in [0.05, 0.1) is 11.6 Å². The van der Waals surface area contributed by atoms with Crippen LogP contribution in [0.2, 0.25) is 10.0 Å². The third-order valence-corrected chi connectivity index (χ3v) is 3.57. The van der Waals surface area contributed by atoms with Gasteiger partial charge in [0.15, 0.2) is 0 Å². The van der Waals surface area contributed by atoms with Crippen molar-refractivity contribution >= 4 is 23.2 Å². The van der Waals surface area contributed by atoms with E-state index in [-0.39, 0.29) is 6.61 Å². The second-order valence-corrected chi connectivity index (χ2v) is 5.07. The summed E-state index contributed by atoms with van der Waals surface area (Å²) in [5.74, 6) is 0.560. The number of rotatable bonds is 3. The Balaban J connectivity index is 2.21. The average Bonchev–Trinajstić information content (AvgIpc) is 2.73. The highest BCUT2D eigenvalue weighted by atomic mass is 35.5. The van der Waals surface area contributed by atoms with Crippen LogP contribution >= 0.6 is 23.2 Å². The molecule has 0 heterocycles. The summed E-state index contributed by atoms with van der Waals surface area (Å²) in [5.41, 5.74) is -0.464. The summed E-state index contributed by atoms with van der Waals surface area (Å²) in [4.78, 5) is 0. The number of aliphatic hydroxyl groups excluding tert-OH is 1. The Morgan fingerprint density at radius 1 is 1.25 bits per heavy atom. The molecule has 1 aromatic carbocycles. The zero-order valence-corrected chi connectivity index (χ0v) is 10.4. The molecule has 0 atom stereocenters. The molecule has 1 fully saturated rings. The first-order valence-corrected chi connectivity index (χ1v) is 6.16. The predicted octanol–water partition coefficient (Wildman–Crippen LogP) is 3.68. The van der Waals surface area contributed by atoms with Crippen LogP contribution in [0.4, 0.5) is 0 Å². The number of ether oxygens (including phenoxy) is 1. The van der Waals surface area contributed by atoms with Crippen molar-refractivity contribution in [2.24, 2.45) is 0 Å². The number of aliphatic hydroxyl groups is 1. The summed E-state index contributed by atoms with van der Waals surface area (Å²) in [6.45, 7) is 0.0237. The van der Waals surface area contributed by atoms with E-state index < -0.39 is 5.60 Å². The second-order valence-electron chi connectivity index (χ2n) is 4.23. The Kier molecular flexibility index (Phi) is 3.63. The zero-order valence-electron chi connectivity index (χ0n) is 8.88. The number of benzene rings is 1. The van der Waals surface area contributed by atoms with Gasteiger partial charge in [0.2, 0.25) is 0 Å². The quantitative estimate of drug-likeness (QED) is 0.899. The van der Waals surface area contributed by atoms with Crippen LogP contribution in [0.15, 0.2) is 18.2 Å². The van der Waals surface area contributed by atoms with Crippen molar-refractivity contribution in [2.75, 3.05) is 6.61 Å². The minimum absolute atomic E-state index is 0.0237. The Morgan fingerprint density at radius 3 is 2.56 bits per heavy atom. The van der Waals surface area contributed by atoms with Crippen molar-refractivity contribution in [3.63, 3.8) is 0 Å². The molecule has 16 heavy (non-hydrogen) atoms. The number of hydrogen-bond acceptors (Lipinski definition) is 2. The molecule has 1 aromatic rings. The summed E-state index contributed by atoms with van der Waals surface area (Å²) < 4.78 is 5.86. The van der Waals surface area contributed by atoms with Crippen molar-refractivity contribution in [3.05, 3.63) is 28.2 Å². The van der Waals surface area contributed by atoms with E-state index in [1.54, 1.807) is 18.2 Å². The lowest BCUT2D eigenvalue weighted by molar-refractivity contribution is 0.0153. The third kappa shape index (κ3) is 2.45. The van der Waals surface area contributed by atoms with Crippen molar-refractivity contribution in [1.82, 2.24) is 0 Å². The van der Waals surface area contributed by atoms with Gasteiger partial charge in [-0.25, -0.2) is 0 Å². The second kappa shape index (κ2) is 4.82. The Morgan fingerprint density at radius 2 is 1.94 bits per heavy atom. The molecule has 0 radical (unpaired) electrons. The van der Waals surface area contributed by atoms with E-state index in [1.807, 2.05) is 0 Å². The summed E-state index contributed by atoms with van der Waals surface area (Å²) in [6, 6.07) is 5.12. The lowest BCUT2D eigenvalue weighted by Gasteiger charge is -2.28. The Labute approximate surface area is 105 Å². The van der Waals surface area contributed by atoms with Gasteiger partial charge in [0.25, 0.3) is 0 Å². The number of halogens is 2. The maximum absolute atomic E-state index is 9.44. The SMILES string of the molecule is OCC1(Oc2cc(Cl)ccc2Cl)CCCC1. The van der Waals surface area contributed by atoms with E-state index >= 15 is 0 Å². The molecule has 1 aliphatic rings. The molecule has 2 rings (SSSR count). The van der Waals surface area contributed by atoms with Gasteiger partial charge in [0, 0.05) is 11.1 Å². The van der Waals surface area contributed by atoms with Gasteiger partial charge in [-0.3, -0.25) is 0 Å². The minimum atomic E-state index is -0.464. The maximum Gasteiger partial charge on any atom is 0.140 e. The molecule has 88 valence electrons. The molecule has 0 spiro atoms. The molecule has 0 aromatic heterocycles. The summed E-state index contributed by atoms with van der Waals surface area (Å²) in [5, 5.41) is 10.6. The van der Waals surface area contributed by atoms with Crippen LogP contribution in [0.25, 0.3) is 0 Å². The molecule has 1 N–H and O–H groups in total. The Hall–Kier alpha value is -0.440. The van der Waals surface area contributed by atoms with Crippen molar-refractivity contribution in [3.8, 4) is 5.75 Å². The van der Waals surface area contributed by atoms with E-state index in [2.05, 4.69) is 0 Å². The molecule has 2 nitrogen and oxygen atoms in total. The van der Waals surface area contributed by atoms with Gasteiger partial charge in [-0.05, 0) is 37.8 Å². The standard InChI is InChI=1S/C12H14Cl2O2/c13-9-3-4-10(14)11(7-9)16-12(8-15)5-1-2-6-12/h3-4,7,15H,1-2,5-6,8H2. The summed E-state index contributed by atoms with van der Waals surface area (Å²) in [6.07, 6.45) is 3.90. The van der Waals surface area contributed by atoms with E-state index in [0.717, 1.165) is 25.7 Å². The van der Waals surface area contributed by atoms with Crippen molar-refractivity contribution in [2.45, 2.75) is 31.3 Å². The minimum Gasteiger partial charge on any atom is -0.483 e. The Bertz CT molecular complexity index is 373. The summed E-state index contributed by atoms with van der Waals surface area (Å²) >= 11 is 11.9. The van der Waals surface area contributed by atoms with E-state index in [9.17, 15) is 5.11 Å². The van der Waals surface area contributed by atoms with Crippen molar-refractivity contribution in [1.29, 1.82) is 0 Å². The predicted molar refractivity (Wildman–Crippen MR) is 65.4 cm³/mol. The van der Waals surface area contributed by atoms with Gasteiger partial charge in [0.1, 0.15) is 11.4 Å². The molecular weight excluding hydrogens is 247 g/mol. The summed E-state index contributed by atoms with van der Waals surface area (Å²) in [7, 11) is 0. The molecule has 4 heteroatoms. The third-order valence-electron chi connectivity index (χ3n) is 3.02. The van der Waals surface area contributed by atoms with Gasteiger partial charge in [-0.15, -0.1) is 0 Å². The van der Waals surface area contributed by atoms with Gasteiger partial charge in [-0.2, -0.15) is 0 Å². The zero-order chi connectivity index (χ0) is 11.6. The first kappa shape index (κ1) is 12.0. The van der Waals surface area contributed by atoms with Crippen LogP contribution < -0.4 is 4.74 Å². The highest BCUT2D eigenvalue weighted by Gasteiger charge is 2.35. The van der Waals surface area contributed by atoms with Crippen LogP contribution in [0.5, 0.6) is 5.75 Å². The van der Waals surface area contributed by atoms with Gasteiger partial charge in [-0.1, -0.05) is 23.2 Å². The molecule has 1 aliphatic carbocycles. The largest absolute Gasteiger partial charge is 0.483 e. The van der Waals surface area contributed by atoms with E-state index in [1.165, 1.54) is 0 Å². The molecule has 0 saturated heterocycles. The van der Waals surface area contributed by atoms with Crippen LogP contribution in [0, 0.1) is 0 Å². The first-order chi connectivity index (χ1) is 7.65. The fourth-order valence-corrected chi connectivity index (χ4v) is 2.42. The fourth-order valence-electron chi connectivity index (χ4n) is 2.10. The molecule has 0 unspecified atom stereocenters. The van der Waals surface area contributed by atoms with E-state index in [0.29, 0.717) is 15.8 Å². The van der Waals surface area contributed by atoms with Gasteiger partial charge < -0.3 is 9.84 Å². The fraction of sp³-hybridized carbons (Fsp3) is 0.500. The molecule has 1 saturated carbocycles.